The lowest BCUT2D eigenvalue weighted by molar-refractivity contribution is 0.103. The van der Waals surface area contributed by atoms with Gasteiger partial charge in [-0.05, 0) is 48.2 Å². The van der Waals surface area contributed by atoms with Crippen LogP contribution in [0.5, 0.6) is 0 Å². The van der Waals surface area contributed by atoms with Crippen LogP contribution in [0.4, 0.5) is 5.69 Å². The van der Waals surface area contributed by atoms with Gasteiger partial charge < -0.3 is 0 Å². The number of sulfonamides is 1. The number of nitrogens with one attached hydrogen (secondary N) is 1. The highest BCUT2D eigenvalue weighted by atomic mass is 35.5. The van der Waals surface area contributed by atoms with E-state index in [1.54, 1.807) is 42.5 Å². The number of hydrogen-bond acceptors (Lipinski definition) is 3. The van der Waals surface area contributed by atoms with E-state index in [1.165, 1.54) is 24.3 Å². The van der Waals surface area contributed by atoms with Crippen LogP contribution in [-0.2, 0) is 15.4 Å². The lowest BCUT2D eigenvalue weighted by Gasteiger charge is -2.19. The molecule has 0 aliphatic carbocycles. The summed E-state index contributed by atoms with van der Waals surface area (Å²) in [5.74, 6) is -0.383. The number of carbonyl (C=O) groups is 1. The molecule has 2 aromatic carbocycles. The normalized spacial score (nSPS) is 12.8. The molecule has 30 heavy (non-hydrogen) atoms. The van der Waals surface area contributed by atoms with E-state index >= 15 is 0 Å². The summed E-state index contributed by atoms with van der Waals surface area (Å²) in [5.41, 5.74) is 1.55. The van der Waals surface area contributed by atoms with E-state index in [9.17, 15) is 13.2 Å². The standard InChI is InChI=1S/C24H26ClNO3S/c1-6-8-9-17(7-2)23(27)21-16-19(25)12-15-22(21)26-30(28,29)20-13-10-18(11-14-20)24(3,4)5/h6-16,26H,2H2,1,3-5H3/b8-6-,17-9+. The molecule has 0 aliphatic heterocycles. The first-order valence-electron chi connectivity index (χ1n) is 9.42. The first kappa shape index (κ1) is 23.6. The molecule has 0 saturated heterocycles. The molecule has 0 aliphatic rings. The van der Waals surface area contributed by atoms with E-state index in [-0.39, 0.29) is 27.3 Å². The van der Waals surface area contributed by atoms with Gasteiger partial charge in [0.15, 0.2) is 5.78 Å². The van der Waals surface area contributed by atoms with Crippen molar-refractivity contribution in [1.29, 1.82) is 0 Å². The van der Waals surface area contributed by atoms with Crippen molar-refractivity contribution in [2.24, 2.45) is 0 Å². The van der Waals surface area contributed by atoms with Crippen molar-refractivity contribution >= 4 is 33.1 Å². The third kappa shape index (κ3) is 5.71. The highest BCUT2D eigenvalue weighted by Gasteiger charge is 2.21. The zero-order valence-corrected chi connectivity index (χ0v) is 19.1. The number of rotatable bonds is 7. The fourth-order valence-corrected chi connectivity index (χ4v) is 3.97. The Morgan fingerprint density at radius 3 is 2.27 bits per heavy atom. The number of Topliss-reactive ketones (excluding diaryl/α,β-unsaturated/α-hetero) is 1. The van der Waals surface area contributed by atoms with E-state index in [4.69, 9.17) is 11.6 Å². The van der Waals surface area contributed by atoms with E-state index in [0.29, 0.717) is 10.6 Å². The van der Waals surface area contributed by atoms with Crippen molar-refractivity contribution in [3.05, 3.63) is 95.1 Å². The lowest BCUT2D eigenvalue weighted by Crippen LogP contribution is -2.17. The van der Waals surface area contributed by atoms with E-state index in [1.807, 2.05) is 6.92 Å². The molecule has 0 radical (unpaired) electrons. The number of ketones is 1. The van der Waals surface area contributed by atoms with Gasteiger partial charge in [-0.25, -0.2) is 8.42 Å². The Balaban J connectivity index is 2.45. The largest absolute Gasteiger partial charge is 0.289 e. The monoisotopic (exact) mass is 443 g/mol. The second kappa shape index (κ2) is 9.45. The maximum absolute atomic E-state index is 13.0. The average molecular weight is 444 g/mol. The van der Waals surface area contributed by atoms with E-state index in [2.05, 4.69) is 32.1 Å². The summed E-state index contributed by atoms with van der Waals surface area (Å²) < 4.78 is 28.4. The molecule has 0 unspecified atom stereocenters. The second-order valence-corrected chi connectivity index (χ2v) is 9.87. The maximum Gasteiger partial charge on any atom is 0.261 e. The summed E-state index contributed by atoms with van der Waals surface area (Å²) in [5, 5.41) is 0.324. The van der Waals surface area contributed by atoms with Crippen LogP contribution in [0, 0.1) is 0 Å². The predicted molar refractivity (Wildman–Crippen MR) is 125 cm³/mol. The molecule has 0 atom stereocenters. The van der Waals surface area contributed by atoms with Crippen molar-refractivity contribution in [2.45, 2.75) is 38.0 Å². The predicted octanol–water partition coefficient (Wildman–Crippen LogP) is 6.31. The molecule has 0 aromatic heterocycles. The number of carbonyl (C=O) groups excluding carboxylic acids is 1. The molecule has 0 spiro atoms. The van der Waals surface area contributed by atoms with Crippen LogP contribution in [0.1, 0.15) is 43.6 Å². The van der Waals surface area contributed by atoms with Crippen LogP contribution in [-0.4, -0.2) is 14.2 Å². The summed E-state index contributed by atoms with van der Waals surface area (Å²) in [7, 11) is -3.90. The van der Waals surface area contributed by atoms with Crippen molar-refractivity contribution < 1.29 is 13.2 Å². The van der Waals surface area contributed by atoms with Crippen molar-refractivity contribution in [2.75, 3.05) is 4.72 Å². The van der Waals surface area contributed by atoms with Gasteiger partial charge in [-0.15, -0.1) is 0 Å². The zero-order valence-electron chi connectivity index (χ0n) is 17.6. The van der Waals surface area contributed by atoms with E-state index in [0.717, 1.165) is 5.56 Å². The zero-order chi connectivity index (χ0) is 22.5. The Labute approximate surface area is 184 Å². The summed E-state index contributed by atoms with van der Waals surface area (Å²) in [6.07, 6.45) is 6.52. The smallest absolute Gasteiger partial charge is 0.261 e. The molecular formula is C24H26ClNO3S. The molecule has 0 bridgehead atoms. The second-order valence-electron chi connectivity index (χ2n) is 7.75. The summed E-state index contributed by atoms with van der Waals surface area (Å²) in [6.45, 7) is 11.7. The molecule has 158 valence electrons. The molecular weight excluding hydrogens is 418 g/mol. The van der Waals surface area contributed by atoms with Crippen LogP contribution < -0.4 is 4.72 Å². The highest BCUT2D eigenvalue weighted by molar-refractivity contribution is 7.92. The van der Waals surface area contributed by atoms with E-state index < -0.39 is 10.0 Å². The third-order valence-corrected chi connectivity index (χ3v) is 6.07. The molecule has 0 amide bonds. The fourth-order valence-electron chi connectivity index (χ4n) is 2.72. The molecule has 1 N–H and O–H groups in total. The Kier molecular flexibility index (Phi) is 7.45. The van der Waals surface area contributed by atoms with Crippen LogP contribution in [0.15, 0.2) is 83.8 Å². The van der Waals surface area contributed by atoms with Gasteiger partial charge >= 0.3 is 0 Å². The highest BCUT2D eigenvalue weighted by Crippen LogP contribution is 2.28. The number of benzene rings is 2. The summed E-state index contributed by atoms with van der Waals surface area (Å²) >= 11 is 6.07. The Hall–Kier alpha value is -2.63. The number of anilines is 1. The van der Waals surface area contributed by atoms with Crippen LogP contribution in [0.2, 0.25) is 5.02 Å². The minimum atomic E-state index is -3.90. The molecule has 2 rings (SSSR count). The van der Waals surface area contributed by atoms with Gasteiger partial charge in [0.25, 0.3) is 10.0 Å². The molecule has 0 saturated carbocycles. The maximum atomic E-state index is 13.0. The summed E-state index contributed by atoms with van der Waals surface area (Å²) in [4.78, 5) is 13.1. The van der Waals surface area contributed by atoms with Crippen LogP contribution in [0.25, 0.3) is 0 Å². The summed E-state index contributed by atoms with van der Waals surface area (Å²) in [6, 6.07) is 11.1. The Bertz CT molecular complexity index is 1110. The number of hydrogen-bond donors (Lipinski definition) is 1. The van der Waals surface area contributed by atoms with Crippen LogP contribution in [0.3, 0.4) is 0 Å². The van der Waals surface area contributed by atoms with Gasteiger partial charge in [0.1, 0.15) is 0 Å². The van der Waals surface area contributed by atoms with Gasteiger partial charge in [-0.3, -0.25) is 9.52 Å². The number of halogens is 1. The SMILES string of the molecule is C=C/C(=C\C=C/C)C(=O)c1cc(Cl)ccc1NS(=O)(=O)c1ccc(C(C)(C)C)cc1. The molecule has 4 nitrogen and oxygen atoms in total. The van der Waals surface area contributed by atoms with Crippen molar-refractivity contribution in [1.82, 2.24) is 0 Å². The molecule has 6 heteroatoms. The van der Waals surface area contributed by atoms with Gasteiger partial charge in [0, 0.05) is 16.2 Å². The average Bonchev–Trinajstić information content (AvgIpc) is 2.69. The third-order valence-electron chi connectivity index (χ3n) is 4.45. The lowest BCUT2D eigenvalue weighted by atomic mass is 9.87. The van der Waals surface area contributed by atoms with Gasteiger partial charge in [-0.2, -0.15) is 0 Å². The Morgan fingerprint density at radius 2 is 1.73 bits per heavy atom. The van der Waals surface area contributed by atoms with Crippen molar-refractivity contribution in [3.63, 3.8) is 0 Å². The first-order chi connectivity index (χ1) is 14.0. The Morgan fingerprint density at radius 1 is 1.10 bits per heavy atom. The van der Waals surface area contributed by atoms with Crippen molar-refractivity contribution in [3.8, 4) is 0 Å². The van der Waals surface area contributed by atoms with Gasteiger partial charge in [-0.1, -0.05) is 75.4 Å². The van der Waals surface area contributed by atoms with Gasteiger partial charge in [0.2, 0.25) is 0 Å². The van der Waals surface area contributed by atoms with Crippen LogP contribution >= 0.6 is 11.6 Å². The molecule has 2 aromatic rings. The number of allylic oxidation sites excluding steroid dienone is 5. The minimum Gasteiger partial charge on any atom is -0.289 e. The topological polar surface area (TPSA) is 63.2 Å². The first-order valence-corrected chi connectivity index (χ1v) is 11.3. The minimum absolute atomic E-state index is 0.0914. The quantitative estimate of drug-likeness (QED) is 0.310. The molecule has 0 fully saturated rings. The van der Waals surface area contributed by atoms with Gasteiger partial charge in [0.05, 0.1) is 10.6 Å². The fraction of sp³-hybridized carbons (Fsp3) is 0.208. The molecule has 0 heterocycles.